The third kappa shape index (κ3) is 8.03. The van der Waals surface area contributed by atoms with E-state index in [-0.39, 0.29) is 25.8 Å². The summed E-state index contributed by atoms with van der Waals surface area (Å²) in [6.07, 6.45) is 3.74. The Labute approximate surface area is 314 Å². The first-order chi connectivity index (χ1) is 25.7. The van der Waals surface area contributed by atoms with Crippen LogP contribution in [0.25, 0.3) is 10.9 Å². The molecule has 5 unspecified atom stereocenters. The summed E-state index contributed by atoms with van der Waals surface area (Å²) in [5.74, 6) is -2.12. The van der Waals surface area contributed by atoms with Gasteiger partial charge >= 0.3 is 6.09 Å². The Morgan fingerprint density at radius 1 is 1.11 bits per heavy atom. The number of carbonyl (C=O) groups excluding carboxylic acids is 4. The molecule has 3 N–H and O–H groups in total. The van der Waals surface area contributed by atoms with Crippen molar-refractivity contribution < 1.29 is 45.9 Å². The lowest BCUT2D eigenvalue weighted by Gasteiger charge is -2.47. The highest BCUT2D eigenvalue weighted by Gasteiger charge is 2.58. The normalized spacial score (nSPS) is 27.1. The minimum Gasteiger partial charge on any atom is -0.486 e. The number of nitrogens with zero attached hydrogens (tertiary/aromatic N) is 2. The topological polar surface area (TPSA) is 173 Å². The molecule has 0 radical (unpaired) electrons. The molecule has 16 heteroatoms. The highest BCUT2D eigenvalue weighted by molar-refractivity contribution is 7.91. The van der Waals surface area contributed by atoms with Crippen molar-refractivity contribution >= 4 is 44.7 Å². The lowest BCUT2D eigenvalue weighted by atomic mass is 9.65. The van der Waals surface area contributed by atoms with Crippen LogP contribution in [0.1, 0.15) is 89.3 Å². The average molecular weight is 774 g/mol. The number of hydrogen-bond acceptors (Lipinski definition) is 9. The number of ether oxygens (including phenoxy) is 2. The molecule has 2 saturated carbocycles. The summed E-state index contributed by atoms with van der Waals surface area (Å²) in [5.41, 5.74) is 0.734. The number of allylic oxidation sites excluding steroid dienone is 1. The molecule has 3 fully saturated rings. The summed E-state index contributed by atoms with van der Waals surface area (Å²) in [7, 11) is -4.04. The van der Waals surface area contributed by atoms with Crippen LogP contribution in [0, 0.1) is 12.8 Å². The smallest absolute Gasteiger partial charge is 0.407 e. The van der Waals surface area contributed by atoms with Crippen molar-refractivity contribution in [3.63, 3.8) is 0 Å². The van der Waals surface area contributed by atoms with Crippen molar-refractivity contribution in [1.82, 2.24) is 25.2 Å². The first kappa shape index (κ1) is 39.4. The zero-order valence-corrected chi connectivity index (χ0v) is 31.7. The van der Waals surface area contributed by atoms with Gasteiger partial charge in [0.1, 0.15) is 29.5 Å². The Morgan fingerprint density at radius 3 is 2.56 bits per heavy atom. The molecule has 0 spiro atoms. The van der Waals surface area contributed by atoms with Gasteiger partial charge in [-0.1, -0.05) is 50.1 Å². The molecule has 4 amide bonds. The molecule has 2 aromatic rings. The molecule has 0 bridgehead atoms. The van der Waals surface area contributed by atoms with Gasteiger partial charge in [-0.3, -0.25) is 19.1 Å². The number of carbonyl (C=O) groups is 4. The fourth-order valence-corrected chi connectivity index (χ4v) is 9.03. The number of alkyl carbamates (subject to hydrolysis) is 1. The predicted molar refractivity (Wildman–Crippen MR) is 195 cm³/mol. The third-order valence-corrected chi connectivity index (χ3v) is 13.5. The minimum absolute atomic E-state index is 0.00409. The maximum Gasteiger partial charge on any atom is 0.407 e. The lowest BCUT2D eigenvalue weighted by Crippen LogP contribution is -2.70. The molecule has 5 atom stereocenters. The summed E-state index contributed by atoms with van der Waals surface area (Å²) >= 11 is 0. The molecular weight excluding hydrogens is 725 g/mol. The van der Waals surface area contributed by atoms with Crippen LogP contribution < -0.4 is 20.1 Å². The van der Waals surface area contributed by atoms with E-state index in [4.69, 9.17) is 9.72 Å². The third-order valence-electron chi connectivity index (χ3n) is 11.3. The van der Waals surface area contributed by atoms with Crippen molar-refractivity contribution in [2.75, 3.05) is 13.2 Å². The number of fused-ring (bicyclic) bond motifs is 3. The van der Waals surface area contributed by atoms with Gasteiger partial charge in [0.05, 0.1) is 22.5 Å². The zero-order valence-electron chi connectivity index (χ0n) is 30.9. The predicted octanol–water partition coefficient (Wildman–Crippen LogP) is 4.60. The quantitative estimate of drug-likeness (QED) is 0.308. The summed E-state index contributed by atoms with van der Waals surface area (Å²) in [4.78, 5) is 61.5. The first-order valence-electron chi connectivity index (χ1n) is 18.8. The lowest BCUT2D eigenvalue weighted by molar-refractivity contribution is -0.144. The number of rotatable bonds is 9. The highest BCUT2D eigenvalue weighted by Crippen LogP contribution is 2.45. The van der Waals surface area contributed by atoms with Crippen LogP contribution in [0.4, 0.5) is 13.6 Å². The van der Waals surface area contributed by atoms with E-state index >= 15 is 0 Å². The Bertz CT molecular complexity index is 1920. The molecule has 54 heavy (non-hydrogen) atoms. The largest absolute Gasteiger partial charge is 0.486 e. The van der Waals surface area contributed by atoms with Gasteiger partial charge in [-0.25, -0.2) is 27.0 Å². The molecule has 13 nitrogen and oxygen atoms in total. The molecular formula is C38H49F2N5O8S. The molecule has 294 valence electrons. The number of benzene rings is 1. The van der Waals surface area contributed by atoms with E-state index in [0.717, 1.165) is 16.5 Å². The maximum atomic E-state index is 14.5. The van der Waals surface area contributed by atoms with E-state index in [1.54, 1.807) is 6.92 Å². The van der Waals surface area contributed by atoms with Gasteiger partial charge in [0.2, 0.25) is 21.8 Å². The number of alkyl halides is 2. The molecule has 6 rings (SSSR count). The van der Waals surface area contributed by atoms with Crippen LogP contribution in [0.15, 0.2) is 36.4 Å². The number of aryl methyl sites for hydroxylation is 2. The first-order valence-corrected chi connectivity index (χ1v) is 20.3. The van der Waals surface area contributed by atoms with Crippen molar-refractivity contribution in [3.8, 4) is 5.75 Å². The molecule has 1 aromatic heterocycles. The molecule has 2 aliphatic carbocycles. The summed E-state index contributed by atoms with van der Waals surface area (Å²) < 4.78 is 64.6. The number of amides is 4. The number of pyridine rings is 1. The Morgan fingerprint density at radius 2 is 1.87 bits per heavy atom. The number of aromatic nitrogens is 1. The molecule has 2 aliphatic heterocycles. The van der Waals surface area contributed by atoms with E-state index in [2.05, 4.69) is 20.1 Å². The van der Waals surface area contributed by atoms with Crippen LogP contribution in [0.5, 0.6) is 5.75 Å². The van der Waals surface area contributed by atoms with Crippen molar-refractivity contribution in [2.45, 2.75) is 126 Å². The van der Waals surface area contributed by atoms with Gasteiger partial charge in [0.15, 0.2) is 6.61 Å². The molecule has 1 aromatic carbocycles. The number of nitrogens with one attached hydrogen (secondary N) is 3. The summed E-state index contributed by atoms with van der Waals surface area (Å²) in [5, 5.41) is 6.24. The minimum atomic E-state index is -4.04. The van der Waals surface area contributed by atoms with Gasteiger partial charge in [-0.05, 0) is 71.3 Å². The molecule has 3 heterocycles. The van der Waals surface area contributed by atoms with E-state index in [1.807, 2.05) is 50.3 Å². The molecule has 1 saturated heterocycles. The van der Waals surface area contributed by atoms with Gasteiger partial charge in [-0.15, -0.1) is 0 Å². The Kier molecular flexibility index (Phi) is 11.5. The maximum absolute atomic E-state index is 14.5. The van der Waals surface area contributed by atoms with Crippen LogP contribution >= 0.6 is 0 Å². The van der Waals surface area contributed by atoms with Crippen LogP contribution in [-0.2, 0) is 35.6 Å². The van der Waals surface area contributed by atoms with Gasteiger partial charge < -0.3 is 25.0 Å². The number of hydrogen-bond donors (Lipinski definition) is 3. The summed E-state index contributed by atoms with van der Waals surface area (Å²) in [6, 6.07) is 5.25. The fraction of sp³-hybridized carbons (Fsp3) is 0.605. The van der Waals surface area contributed by atoms with E-state index in [1.165, 1.54) is 4.90 Å². The fourth-order valence-electron chi connectivity index (χ4n) is 7.71. The Balaban J connectivity index is 1.34. The number of sulfonamides is 1. The second-order valence-electron chi connectivity index (χ2n) is 15.1. The molecule has 4 aliphatic rings. The second kappa shape index (κ2) is 15.8. The SMILES string of the molecule is CCc1c(OC2CC3C(=O)NC4(C(=O)NS(=O)(=O)C5(C)CC5)CCC4C=CCCCCCC(NC(=O)OCC(F)F)C(=O)N3C2)c(C)nc2ccccc12. The van der Waals surface area contributed by atoms with Crippen LogP contribution in [-0.4, -0.2) is 90.2 Å². The zero-order chi connectivity index (χ0) is 38.8. The van der Waals surface area contributed by atoms with Crippen LogP contribution in [0.2, 0.25) is 0 Å². The van der Waals surface area contributed by atoms with Crippen molar-refractivity contribution in [1.29, 1.82) is 0 Å². The van der Waals surface area contributed by atoms with E-state index in [0.29, 0.717) is 62.8 Å². The van der Waals surface area contributed by atoms with E-state index < -0.39 is 81.3 Å². The number of halogens is 2. The van der Waals surface area contributed by atoms with Gasteiger partial charge in [0.25, 0.3) is 12.3 Å². The van der Waals surface area contributed by atoms with Gasteiger partial charge in [0, 0.05) is 23.3 Å². The van der Waals surface area contributed by atoms with Gasteiger partial charge in [-0.2, -0.15) is 0 Å². The highest BCUT2D eigenvalue weighted by atomic mass is 32.2. The monoisotopic (exact) mass is 773 g/mol. The van der Waals surface area contributed by atoms with Crippen molar-refractivity contribution in [3.05, 3.63) is 47.7 Å². The standard InChI is InChI=1S/C38H49F2N5O8S/c1-4-26-27-13-10-11-14-28(27)41-23(2)32(26)53-25-20-30-33(46)43-38(35(48)44-54(50,51)37(3)18-19-37)17-16-24(38)12-8-6-5-7-9-15-29(34(47)45(30)21-25)42-36(49)52-22-31(39)40/h8,10-14,24-25,29-31H,4-7,9,15-22H2,1-3H3,(H,42,49)(H,43,46)(H,44,48). The van der Waals surface area contributed by atoms with Crippen LogP contribution in [0.3, 0.4) is 0 Å². The average Bonchev–Trinajstić information content (AvgIpc) is 3.75. The Hall–Kier alpha value is -4.34. The number of para-hydroxylation sites is 1. The summed E-state index contributed by atoms with van der Waals surface area (Å²) in [6.45, 7) is 4.15. The second-order valence-corrected chi connectivity index (χ2v) is 17.3. The van der Waals surface area contributed by atoms with Crippen molar-refractivity contribution in [2.24, 2.45) is 5.92 Å². The van der Waals surface area contributed by atoms with E-state index in [9.17, 15) is 36.4 Å².